The van der Waals surface area contributed by atoms with E-state index >= 15 is 0 Å². The Hall–Kier alpha value is -1.84. The Balaban J connectivity index is 1.78. The van der Waals surface area contributed by atoms with Crippen molar-refractivity contribution >= 4 is 11.8 Å². The van der Waals surface area contributed by atoms with Gasteiger partial charge in [-0.05, 0) is 38.2 Å². The Morgan fingerprint density at radius 2 is 1.71 bits per heavy atom. The van der Waals surface area contributed by atoms with Gasteiger partial charge in [0.1, 0.15) is 0 Å². The molecule has 24 heavy (non-hydrogen) atoms. The zero-order valence-corrected chi connectivity index (χ0v) is 15.2. The van der Waals surface area contributed by atoms with Gasteiger partial charge in [0.15, 0.2) is 0 Å². The van der Waals surface area contributed by atoms with Crippen LogP contribution in [0.3, 0.4) is 0 Å². The van der Waals surface area contributed by atoms with Gasteiger partial charge in [-0.3, -0.25) is 9.59 Å². The quantitative estimate of drug-likeness (QED) is 0.871. The van der Waals surface area contributed by atoms with Gasteiger partial charge in [0, 0.05) is 25.0 Å². The first kappa shape index (κ1) is 18.5. The SMILES string of the molecule is CCC(CC)C(=O)NC1CCN(C(=O)Cc2ccc(C)cc2)CC1. The van der Waals surface area contributed by atoms with Crippen molar-refractivity contribution in [2.24, 2.45) is 5.92 Å². The van der Waals surface area contributed by atoms with E-state index in [0.717, 1.165) is 44.3 Å². The van der Waals surface area contributed by atoms with Gasteiger partial charge >= 0.3 is 0 Å². The van der Waals surface area contributed by atoms with E-state index in [-0.39, 0.29) is 23.8 Å². The van der Waals surface area contributed by atoms with Crippen molar-refractivity contribution in [3.05, 3.63) is 35.4 Å². The van der Waals surface area contributed by atoms with Gasteiger partial charge in [-0.25, -0.2) is 0 Å². The third-order valence-electron chi connectivity index (χ3n) is 5.03. The molecule has 2 amide bonds. The highest BCUT2D eigenvalue weighted by molar-refractivity contribution is 5.80. The number of aryl methyl sites for hydroxylation is 1. The normalized spacial score (nSPS) is 15.6. The molecule has 2 rings (SSSR count). The fourth-order valence-corrected chi connectivity index (χ4v) is 3.24. The molecule has 4 heteroatoms. The maximum Gasteiger partial charge on any atom is 0.226 e. The molecule has 0 unspecified atom stereocenters. The molecule has 1 saturated heterocycles. The minimum Gasteiger partial charge on any atom is -0.353 e. The summed E-state index contributed by atoms with van der Waals surface area (Å²) in [6.45, 7) is 7.63. The molecule has 132 valence electrons. The highest BCUT2D eigenvalue weighted by atomic mass is 16.2. The van der Waals surface area contributed by atoms with Crippen molar-refractivity contribution in [2.75, 3.05) is 13.1 Å². The lowest BCUT2D eigenvalue weighted by Gasteiger charge is -2.33. The van der Waals surface area contributed by atoms with Crippen LogP contribution in [0.2, 0.25) is 0 Å². The number of likely N-dealkylation sites (tertiary alicyclic amines) is 1. The summed E-state index contributed by atoms with van der Waals surface area (Å²) in [7, 11) is 0. The van der Waals surface area contributed by atoms with Crippen LogP contribution < -0.4 is 5.32 Å². The van der Waals surface area contributed by atoms with Gasteiger partial charge in [-0.2, -0.15) is 0 Å². The largest absolute Gasteiger partial charge is 0.353 e. The zero-order valence-electron chi connectivity index (χ0n) is 15.2. The number of benzene rings is 1. The maximum absolute atomic E-state index is 12.4. The maximum atomic E-state index is 12.4. The van der Waals surface area contributed by atoms with Crippen molar-refractivity contribution in [1.82, 2.24) is 10.2 Å². The van der Waals surface area contributed by atoms with Crippen molar-refractivity contribution in [2.45, 2.75) is 58.9 Å². The van der Waals surface area contributed by atoms with E-state index in [1.54, 1.807) is 0 Å². The summed E-state index contributed by atoms with van der Waals surface area (Å²) < 4.78 is 0. The van der Waals surface area contributed by atoms with Crippen LogP contribution in [0.15, 0.2) is 24.3 Å². The van der Waals surface area contributed by atoms with Crippen LogP contribution >= 0.6 is 0 Å². The van der Waals surface area contributed by atoms with Crippen molar-refractivity contribution in [3.63, 3.8) is 0 Å². The highest BCUT2D eigenvalue weighted by Gasteiger charge is 2.25. The topological polar surface area (TPSA) is 49.4 Å². The fourth-order valence-electron chi connectivity index (χ4n) is 3.24. The van der Waals surface area contributed by atoms with E-state index in [2.05, 4.69) is 19.2 Å². The van der Waals surface area contributed by atoms with Gasteiger partial charge in [0.05, 0.1) is 6.42 Å². The Morgan fingerprint density at radius 1 is 1.12 bits per heavy atom. The molecule has 0 spiro atoms. The Morgan fingerprint density at radius 3 is 2.25 bits per heavy atom. The summed E-state index contributed by atoms with van der Waals surface area (Å²) in [6.07, 6.45) is 3.94. The predicted octanol–water partition coefficient (Wildman–Crippen LogP) is 3.08. The number of carbonyl (C=O) groups excluding carboxylic acids is 2. The van der Waals surface area contributed by atoms with E-state index < -0.39 is 0 Å². The molecule has 0 aromatic heterocycles. The number of nitrogens with zero attached hydrogens (tertiary/aromatic N) is 1. The molecule has 1 aliphatic heterocycles. The summed E-state index contributed by atoms with van der Waals surface area (Å²) in [6, 6.07) is 8.34. The van der Waals surface area contributed by atoms with Crippen LogP contribution in [-0.2, 0) is 16.0 Å². The van der Waals surface area contributed by atoms with E-state index in [9.17, 15) is 9.59 Å². The monoisotopic (exact) mass is 330 g/mol. The van der Waals surface area contributed by atoms with Crippen molar-refractivity contribution in [1.29, 1.82) is 0 Å². The van der Waals surface area contributed by atoms with Gasteiger partial charge in [-0.15, -0.1) is 0 Å². The molecule has 1 aromatic carbocycles. The first-order valence-electron chi connectivity index (χ1n) is 9.17. The van der Waals surface area contributed by atoms with E-state index in [4.69, 9.17) is 0 Å². The second kappa shape index (κ2) is 8.86. The molecule has 0 aliphatic carbocycles. The van der Waals surface area contributed by atoms with E-state index in [0.29, 0.717) is 6.42 Å². The van der Waals surface area contributed by atoms with Crippen LogP contribution in [0.25, 0.3) is 0 Å². The number of piperidine rings is 1. The summed E-state index contributed by atoms with van der Waals surface area (Å²) in [5.41, 5.74) is 2.27. The Kier molecular flexibility index (Phi) is 6.83. The van der Waals surface area contributed by atoms with Gasteiger partial charge in [0.2, 0.25) is 11.8 Å². The zero-order chi connectivity index (χ0) is 17.5. The highest BCUT2D eigenvalue weighted by Crippen LogP contribution is 2.15. The molecule has 4 nitrogen and oxygen atoms in total. The van der Waals surface area contributed by atoms with Crippen LogP contribution in [0.4, 0.5) is 0 Å². The van der Waals surface area contributed by atoms with E-state index in [1.165, 1.54) is 5.56 Å². The van der Waals surface area contributed by atoms with Crippen LogP contribution in [0.1, 0.15) is 50.7 Å². The van der Waals surface area contributed by atoms with E-state index in [1.807, 2.05) is 36.1 Å². The molecule has 1 N–H and O–H groups in total. The third-order valence-corrected chi connectivity index (χ3v) is 5.03. The molecule has 1 aromatic rings. The minimum absolute atomic E-state index is 0.117. The summed E-state index contributed by atoms with van der Waals surface area (Å²) in [5, 5.41) is 3.16. The number of carbonyl (C=O) groups is 2. The first-order valence-corrected chi connectivity index (χ1v) is 9.17. The molecule has 1 fully saturated rings. The Labute approximate surface area is 145 Å². The van der Waals surface area contributed by atoms with Crippen molar-refractivity contribution in [3.8, 4) is 0 Å². The third kappa shape index (κ3) is 5.08. The molecular weight excluding hydrogens is 300 g/mol. The average molecular weight is 330 g/mol. The standard InChI is InChI=1S/C20H30N2O2/c1-4-17(5-2)20(24)21-18-10-12-22(13-11-18)19(23)14-16-8-6-15(3)7-9-16/h6-9,17-18H,4-5,10-14H2,1-3H3,(H,21,24). The lowest BCUT2D eigenvalue weighted by Crippen LogP contribution is -2.48. The van der Waals surface area contributed by atoms with Crippen LogP contribution in [-0.4, -0.2) is 35.8 Å². The lowest BCUT2D eigenvalue weighted by atomic mass is 9.99. The second-order valence-electron chi connectivity index (χ2n) is 6.84. The molecule has 0 atom stereocenters. The molecule has 0 bridgehead atoms. The average Bonchev–Trinajstić information content (AvgIpc) is 2.58. The smallest absolute Gasteiger partial charge is 0.226 e. The summed E-state index contributed by atoms with van der Waals surface area (Å²) in [4.78, 5) is 26.5. The van der Waals surface area contributed by atoms with Gasteiger partial charge in [0.25, 0.3) is 0 Å². The minimum atomic E-state index is 0.117. The summed E-state index contributed by atoms with van der Waals surface area (Å²) in [5.74, 6) is 0.472. The Bertz CT molecular complexity index is 541. The predicted molar refractivity (Wildman–Crippen MR) is 96.7 cm³/mol. The number of rotatable bonds is 6. The molecule has 0 radical (unpaired) electrons. The number of amides is 2. The van der Waals surface area contributed by atoms with Crippen molar-refractivity contribution < 1.29 is 9.59 Å². The van der Waals surface area contributed by atoms with Gasteiger partial charge in [-0.1, -0.05) is 43.7 Å². The van der Waals surface area contributed by atoms with Crippen LogP contribution in [0, 0.1) is 12.8 Å². The first-order chi connectivity index (χ1) is 11.5. The van der Waals surface area contributed by atoms with Crippen LogP contribution in [0.5, 0.6) is 0 Å². The molecule has 1 heterocycles. The summed E-state index contributed by atoms with van der Waals surface area (Å²) >= 11 is 0. The molecular formula is C20H30N2O2. The molecule has 0 saturated carbocycles. The van der Waals surface area contributed by atoms with Gasteiger partial charge < -0.3 is 10.2 Å². The number of hydrogen-bond acceptors (Lipinski definition) is 2. The fraction of sp³-hybridized carbons (Fsp3) is 0.600. The number of hydrogen-bond donors (Lipinski definition) is 1. The second-order valence-corrected chi connectivity index (χ2v) is 6.84. The molecule has 1 aliphatic rings. The number of nitrogens with one attached hydrogen (secondary N) is 1. The lowest BCUT2D eigenvalue weighted by molar-refractivity contribution is -0.131.